The molecule has 0 aromatic heterocycles. The third-order valence-corrected chi connectivity index (χ3v) is 3.44. The molecule has 0 atom stereocenters. The van der Waals surface area contributed by atoms with Gasteiger partial charge in [0.05, 0.1) is 16.8 Å². The summed E-state index contributed by atoms with van der Waals surface area (Å²) in [6.07, 6.45) is -4.53. The summed E-state index contributed by atoms with van der Waals surface area (Å²) in [5.74, 6) is -0.703. The standard InChI is InChI=1S/C14H10BrF3N2O/c15-10-3-1-2-4-12(10)20-13(21)9-7-8(14(16,17)18)5-6-11(9)19/h1-7H,19H2,(H,20,21). The third kappa shape index (κ3) is 3.55. The van der Waals surface area contributed by atoms with Crippen molar-refractivity contribution >= 4 is 33.2 Å². The third-order valence-electron chi connectivity index (χ3n) is 2.75. The van der Waals surface area contributed by atoms with Gasteiger partial charge in [0.25, 0.3) is 5.91 Å². The average Bonchev–Trinajstić information content (AvgIpc) is 2.40. The van der Waals surface area contributed by atoms with Crippen LogP contribution in [-0.2, 0) is 6.18 Å². The molecule has 110 valence electrons. The Morgan fingerprint density at radius 2 is 1.81 bits per heavy atom. The maximum atomic E-state index is 12.7. The van der Waals surface area contributed by atoms with Gasteiger partial charge in [0, 0.05) is 10.2 Å². The minimum absolute atomic E-state index is 0.0208. The second-order valence-corrected chi connectivity index (χ2v) is 5.09. The van der Waals surface area contributed by atoms with E-state index in [9.17, 15) is 18.0 Å². The van der Waals surface area contributed by atoms with Gasteiger partial charge in [-0.3, -0.25) is 4.79 Å². The number of nitrogen functional groups attached to an aromatic ring is 1. The van der Waals surface area contributed by atoms with Crippen LogP contribution in [0.15, 0.2) is 46.9 Å². The van der Waals surface area contributed by atoms with Crippen molar-refractivity contribution in [2.45, 2.75) is 6.18 Å². The molecule has 0 aliphatic carbocycles. The van der Waals surface area contributed by atoms with Crippen LogP contribution >= 0.6 is 15.9 Å². The number of benzene rings is 2. The summed E-state index contributed by atoms with van der Waals surface area (Å²) in [4.78, 5) is 12.1. The van der Waals surface area contributed by atoms with Crippen molar-refractivity contribution in [2.24, 2.45) is 0 Å². The van der Waals surface area contributed by atoms with Gasteiger partial charge in [-0.15, -0.1) is 0 Å². The number of carbonyl (C=O) groups is 1. The summed E-state index contributed by atoms with van der Waals surface area (Å²) < 4.78 is 38.6. The number of carbonyl (C=O) groups excluding carboxylic acids is 1. The molecule has 0 radical (unpaired) electrons. The first-order chi connectivity index (χ1) is 9.79. The van der Waals surface area contributed by atoms with Crippen LogP contribution in [0.4, 0.5) is 24.5 Å². The Morgan fingerprint density at radius 1 is 1.14 bits per heavy atom. The number of rotatable bonds is 2. The van der Waals surface area contributed by atoms with Crippen molar-refractivity contribution in [2.75, 3.05) is 11.1 Å². The van der Waals surface area contributed by atoms with Crippen molar-refractivity contribution in [3.63, 3.8) is 0 Å². The normalized spacial score (nSPS) is 11.2. The van der Waals surface area contributed by atoms with E-state index in [4.69, 9.17) is 5.73 Å². The number of nitrogens with two attached hydrogens (primary N) is 1. The predicted molar refractivity (Wildman–Crippen MR) is 78.0 cm³/mol. The van der Waals surface area contributed by atoms with Gasteiger partial charge in [-0.1, -0.05) is 12.1 Å². The molecule has 0 unspecified atom stereocenters. The summed E-state index contributed by atoms with van der Waals surface area (Å²) in [6, 6.07) is 9.40. The van der Waals surface area contributed by atoms with Crippen LogP contribution in [0.3, 0.4) is 0 Å². The van der Waals surface area contributed by atoms with Gasteiger partial charge < -0.3 is 11.1 Å². The van der Waals surface area contributed by atoms with E-state index in [0.29, 0.717) is 10.2 Å². The van der Waals surface area contributed by atoms with Crippen LogP contribution in [0.1, 0.15) is 15.9 Å². The van der Waals surface area contributed by atoms with Crippen LogP contribution in [0.2, 0.25) is 0 Å². The largest absolute Gasteiger partial charge is 0.416 e. The Bertz CT molecular complexity index is 686. The molecule has 21 heavy (non-hydrogen) atoms. The van der Waals surface area contributed by atoms with E-state index in [1.165, 1.54) is 0 Å². The number of para-hydroxylation sites is 1. The van der Waals surface area contributed by atoms with Gasteiger partial charge in [0.15, 0.2) is 0 Å². The molecule has 0 aliphatic heterocycles. The lowest BCUT2D eigenvalue weighted by Gasteiger charge is -2.12. The Kier molecular flexibility index (Phi) is 4.22. The summed E-state index contributed by atoms with van der Waals surface area (Å²) in [5, 5.41) is 2.51. The van der Waals surface area contributed by atoms with E-state index in [1.54, 1.807) is 24.3 Å². The van der Waals surface area contributed by atoms with Crippen LogP contribution in [0.25, 0.3) is 0 Å². The zero-order chi connectivity index (χ0) is 15.6. The monoisotopic (exact) mass is 358 g/mol. The second-order valence-electron chi connectivity index (χ2n) is 4.23. The molecule has 0 bridgehead atoms. The van der Waals surface area contributed by atoms with E-state index in [2.05, 4.69) is 21.2 Å². The van der Waals surface area contributed by atoms with E-state index in [-0.39, 0.29) is 11.3 Å². The topological polar surface area (TPSA) is 55.1 Å². The highest BCUT2D eigenvalue weighted by Crippen LogP contribution is 2.31. The Balaban J connectivity index is 2.33. The van der Waals surface area contributed by atoms with Crippen LogP contribution in [0, 0.1) is 0 Å². The predicted octanol–water partition coefficient (Wildman–Crippen LogP) is 4.30. The van der Waals surface area contributed by atoms with Gasteiger partial charge >= 0.3 is 6.18 Å². The highest BCUT2D eigenvalue weighted by atomic mass is 79.9. The molecule has 2 rings (SSSR count). The molecule has 1 amide bonds. The average molecular weight is 359 g/mol. The number of hydrogen-bond donors (Lipinski definition) is 2. The minimum atomic E-state index is -4.53. The molecule has 3 N–H and O–H groups in total. The van der Waals surface area contributed by atoms with E-state index in [1.807, 2.05) is 0 Å². The second kappa shape index (κ2) is 5.77. The first kappa shape index (κ1) is 15.4. The molecule has 0 aliphatic rings. The Morgan fingerprint density at radius 3 is 2.43 bits per heavy atom. The van der Waals surface area contributed by atoms with Gasteiger partial charge in [-0.2, -0.15) is 13.2 Å². The number of amides is 1. The molecule has 0 heterocycles. The lowest BCUT2D eigenvalue weighted by Crippen LogP contribution is -2.16. The smallest absolute Gasteiger partial charge is 0.398 e. The fourth-order valence-electron chi connectivity index (χ4n) is 1.68. The van der Waals surface area contributed by atoms with Crippen molar-refractivity contribution in [1.82, 2.24) is 0 Å². The van der Waals surface area contributed by atoms with Crippen LogP contribution in [0.5, 0.6) is 0 Å². The summed E-state index contributed by atoms with van der Waals surface area (Å²) in [7, 11) is 0. The maximum Gasteiger partial charge on any atom is 0.416 e. The number of anilines is 2. The molecule has 7 heteroatoms. The Hall–Kier alpha value is -2.02. The molecule has 2 aromatic carbocycles. The quantitative estimate of drug-likeness (QED) is 0.786. The fraction of sp³-hybridized carbons (Fsp3) is 0.0714. The van der Waals surface area contributed by atoms with Crippen LogP contribution in [-0.4, -0.2) is 5.91 Å². The van der Waals surface area contributed by atoms with E-state index < -0.39 is 17.6 Å². The lowest BCUT2D eigenvalue weighted by molar-refractivity contribution is -0.137. The van der Waals surface area contributed by atoms with Gasteiger partial charge in [-0.25, -0.2) is 0 Å². The zero-order valence-corrected chi connectivity index (χ0v) is 12.1. The number of halogens is 4. The first-order valence-electron chi connectivity index (χ1n) is 5.81. The molecule has 0 saturated carbocycles. The van der Waals surface area contributed by atoms with Gasteiger partial charge in [-0.05, 0) is 46.3 Å². The summed E-state index contributed by atoms with van der Waals surface area (Å²) in [6.45, 7) is 0. The van der Waals surface area contributed by atoms with E-state index in [0.717, 1.165) is 18.2 Å². The number of alkyl halides is 3. The van der Waals surface area contributed by atoms with E-state index >= 15 is 0 Å². The molecule has 0 saturated heterocycles. The lowest BCUT2D eigenvalue weighted by atomic mass is 10.1. The number of nitrogens with one attached hydrogen (secondary N) is 1. The van der Waals surface area contributed by atoms with Gasteiger partial charge in [0.1, 0.15) is 0 Å². The van der Waals surface area contributed by atoms with Gasteiger partial charge in [0.2, 0.25) is 0 Å². The highest BCUT2D eigenvalue weighted by Gasteiger charge is 2.31. The molecule has 0 spiro atoms. The summed E-state index contributed by atoms with van der Waals surface area (Å²) >= 11 is 3.24. The molecule has 3 nitrogen and oxygen atoms in total. The van der Waals surface area contributed by atoms with Crippen molar-refractivity contribution in [3.05, 3.63) is 58.1 Å². The maximum absolute atomic E-state index is 12.7. The molecular formula is C14H10BrF3N2O. The van der Waals surface area contributed by atoms with Crippen LogP contribution < -0.4 is 11.1 Å². The number of hydrogen-bond acceptors (Lipinski definition) is 2. The first-order valence-corrected chi connectivity index (χ1v) is 6.61. The highest BCUT2D eigenvalue weighted by molar-refractivity contribution is 9.10. The molecule has 0 fully saturated rings. The zero-order valence-electron chi connectivity index (χ0n) is 10.5. The SMILES string of the molecule is Nc1ccc(C(F)(F)F)cc1C(=O)Nc1ccccc1Br. The Labute approximate surface area is 127 Å². The van der Waals surface area contributed by atoms with Crippen molar-refractivity contribution < 1.29 is 18.0 Å². The molecular weight excluding hydrogens is 349 g/mol. The fourth-order valence-corrected chi connectivity index (χ4v) is 2.07. The van der Waals surface area contributed by atoms with Crippen molar-refractivity contribution in [3.8, 4) is 0 Å². The summed E-state index contributed by atoms with van der Waals surface area (Å²) in [5.41, 5.74) is 4.86. The van der Waals surface area contributed by atoms with Crippen molar-refractivity contribution in [1.29, 1.82) is 0 Å². The minimum Gasteiger partial charge on any atom is -0.398 e. The molecule has 2 aromatic rings.